The fourth-order valence-corrected chi connectivity index (χ4v) is 2.46. The highest BCUT2D eigenvalue weighted by atomic mass is 16.6. The number of ether oxygens (including phenoxy) is 1. The Kier molecular flexibility index (Phi) is 6.36. The van der Waals surface area contributed by atoms with E-state index in [9.17, 15) is 9.59 Å². The minimum Gasteiger partial charge on any atom is -0.444 e. The third-order valence-electron chi connectivity index (χ3n) is 3.65. The van der Waals surface area contributed by atoms with E-state index in [1.807, 2.05) is 54.6 Å². The molecule has 0 radical (unpaired) electrons. The molecule has 0 spiro atoms. The summed E-state index contributed by atoms with van der Waals surface area (Å²) >= 11 is 0. The predicted octanol–water partition coefficient (Wildman–Crippen LogP) is 2.78. The molecule has 0 aliphatic heterocycles. The van der Waals surface area contributed by atoms with Crippen LogP contribution < -0.4 is 16.6 Å². The number of nitrogens with two attached hydrogens (primary N) is 1. The van der Waals surface area contributed by atoms with Gasteiger partial charge in [0.05, 0.1) is 0 Å². The van der Waals surface area contributed by atoms with Gasteiger partial charge in [-0.2, -0.15) is 0 Å². The van der Waals surface area contributed by atoms with Crippen LogP contribution in [0.4, 0.5) is 4.79 Å². The first kappa shape index (κ1) is 19.5. The summed E-state index contributed by atoms with van der Waals surface area (Å²) in [7, 11) is 0. The van der Waals surface area contributed by atoms with E-state index in [0.29, 0.717) is 6.42 Å². The summed E-state index contributed by atoms with van der Waals surface area (Å²) in [6.07, 6.45) is -0.357. The largest absolute Gasteiger partial charge is 0.444 e. The zero-order valence-electron chi connectivity index (χ0n) is 15.3. The second kappa shape index (κ2) is 8.49. The summed E-state index contributed by atoms with van der Waals surface area (Å²) in [5, 5.41) is 2.57. The van der Waals surface area contributed by atoms with Gasteiger partial charge < -0.3 is 10.1 Å². The lowest BCUT2D eigenvalue weighted by atomic mass is 10.0. The molecule has 1 unspecified atom stereocenters. The number of amides is 2. The van der Waals surface area contributed by atoms with Crippen molar-refractivity contribution in [2.45, 2.75) is 38.8 Å². The molecule has 0 saturated carbocycles. The zero-order valence-corrected chi connectivity index (χ0v) is 15.3. The lowest BCUT2D eigenvalue weighted by Crippen LogP contribution is -2.51. The summed E-state index contributed by atoms with van der Waals surface area (Å²) < 4.78 is 5.21. The number of hydrogen-bond donors (Lipinski definition) is 3. The lowest BCUT2D eigenvalue weighted by Gasteiger charge is -2.23. The Morgan fingerprint density at radius 1 is 1.00 bits per heavy atom. The minimum absolute atomic E-state index is 0.303. The number of hydrogen-bond acceptors (Lipinski definition) is 4. The Labute approximate surface area is 153 Å². The fourth-order valence-electron chi connectivity index (χ4n) is 2.46. The lowest BCUT2D eigenvalue weighted by molar-refractivity contribution is -0.123. The van der Waals surface area contributed by atoms with Gasteiger partial charge in [0, 0.05) is 6.42 Å². The Hall–Kier alpha value is -2.86. The molecular formula is C20H25N3O3. The summed E-state index contributed by atoms with van der Waals surface area (Å²) in [4.78, 5) is 24.0. The molecule has 2 rings (SSSR count). The van der Waals surface area contributed by atoms with Crippen molar-refractivity contribution < 1.29 is 14.3 Å². The van der Waals surface area contributed by atoms with E-state index in [2.05, 4.69) is 10.7 Å². The monoisotopic (exact) mass is 355 g/mol. The number of nitrogens with one attached hydrogen (secondary N) is 2. The molecule has 2 aromatic carbocycles. The Balaban J connectivity index is 2.08. The van der Waals surface area contributed by atoms with E-state index >= 15 is 0 Å². The molecule has 0 aromatic heterocycles. The van der Waals surface area contributed by atoms with Gasteiger partial charge >= 0.3 is 6.09 Å². The maximum Gasteiger partial charge on any atom is 0.408 e. The molecule has 4 N–H and O–H groups in total. The van der Waals surface area contributed by atoms with Crippen LogP contribution in [0.25, 0.3) is 11.1 Å². The average Bonchev–Trinajstić information content (AvgIpc) is 2.60. The van der Waals surface area contributed by atoms with Crippen molar-refractivity contribution in [3.63, 3.8) is 0 Å². The SMILES string of the molecule is CC(C)(C)OC(=O)NC(Cc1ccc(-c2ccccc2)cc1)C(=O)NN. The van der Waals surface area contributed by atoms with Crippen molar-refractivity contribution in [3.8, 4) is 11.1 Å². The molecule has 0 aliphatic rings. The molecule has 2 aromatic rings. The van der Waals surface area contributed by atoms with Gasteiger partial charge in [-0.05, 0) is 37.5 Å². The van der Waals surface area contributed by atoms with Crippen molar-refractivity contribution in [2.75, 3.05) is 0 Å². The third-order valence-corrected chi connectivity index (χ3v) is 3.65. The van der Waals surface area contributed by atoms with Crippen LogP contribution in [0.1, 0.15) is 26.3 Å². The van der Waals surface area contributed by atoms with Crippen molar-refractivity contribution in [1.82, 2.24) is 10.7 Å². The highest BCUT2D eigenvalue weighted by Gasteiger charge is 2.24. The highest BCUT2D eigenvalue weighted by molar-refractivity contribution is 5.85. The fraction of sp³-hybridized carbons (Fsp3) is 0.300. The van der Waals surface area contributed by atoms with Crippen LogP contribution in [0.3, 0.4) is 0 Å². The molecule has 26 heavy (non-hydrogen) atoms. The van der Waals surface area contributed by atoms with Crippen molar-refractivity contribution in [2.24, 2.45) is 5.84 Å². The number of carbonyl (C=O) groups is 2. The van der Waals surface area contributed by atoms with Crippen LogP contribution in [0, 0.1) is 0 Å². The van der Waals surface area contributed by atoms with E-state index in [0.717, 1.165) is 16.7 Å². The van der Waals surface area contributed by atoms with Gasteiger partial charge in [-0.15, -0.1) is 0 Å². The maximum absolute atomic E-state index is 12.0. The van der Waals surface area contributed by atoms with E-state index in [4.69, 9.17) is 10.6 Å². The van der Waals surface area contributed by atoms with Gasteiger partial charge in [-0.3, -0.25) is 10.2 Å². The van der Waals surface area contributed by atoms with Crippen LogP contribution in [0.5, 0.6) is 0 Å². The zero-order chi connectivity index (χ0) is 19.2. The molecular weight excluding hydrogens is 330 g/mol. The quantitative estimate of drug-likeness (QED) is 0.437. The topological polar surface area (TPSA) is 93.4 Å². The molecule has 0 saturated heterocycles. The van der Waals surface area contributed by atoms with Gasteiger partial charge in [0.15, 0.2) is 0 Å². The van der Waals surface area contributed by atoms with Crippen LogP contribution >= 0.6 is 0 Å². The van der Waals surface area contributed by atoms with Crippen LogP contribution in [-0.2, 0) is 16.0 Å². The van der Waals surface area contributed by atoms with Gasteiger partial charge in [0.25, 0.3) is 5.91 Å². The van der Waals surface area contributed by atoms with Gasteiger partial charge in [0.2, 0.25) is 0 Å². The molecule has 1 atom stereocenters. The Morgan fingerprint density at radius 3 is 2.12 bits per heavy atom. The van der Waals surface area contributed by atoms with E-state index in [-0.39, 0.29) is 0 Å². The Bertz CT molecular complexity index is 737. The molecule has 0 heterocycles. The van der Waals surface area contributed by atoms with E-state index in [1.165, 1.54) is 0 Å². The minimum atomic E-state index is -0.822. The van der Waals surface area contributed by atoms with Crippen LogP contribution in [0.15, 0.2) is 54.6 Å². The molecule has 2 amide bonds. The number of benzene rings is 2. The molecule has 6 heteroatoms. The average molecular weight is 355 g/mol. The van der Waals surface area contributed by atoms with Crippen LogP contribution in [-0.4, -0.2) is 23.6 Å². The standard InChI is InChI=1S/C20H25N3O3/c1-20(2,3)26-19(25)22-17(18(24)23-21)13-14-9-11-16(12-10-14)15-7-5-4-6-8-15/h4-12,17H,13,21H2,1-3H3,(H,22,25)(H,23,24). The van der Waals surface area contributed by atoms with Gasteiger partial charge in [0.1, 0.15) is 11.6 Å². The van der Waals surface area contributed by atoms with Gasteiger partial charge in [-0.1, -0.05) is 54.6 Å². The van der Waals surface area contributed by atoms with Crippen molar-refractivity contribution >= 4 is 12.0 Å². The van der Waals surface area contributed by atoms with Gasteiger partial charge in [-0.25, -0.2) is 10.6 Å². The summed E-state index contributed by atoms with van der Waals surface area (Å²) in [6.45, 7) is 5.27. The molecule has 0 bridgehead atoms. The molecule has 0 aliphatic carbocycles. The second-order valence-corrected chi connectivity index (χ2v) is 6.97. The number of carbonyl (C=O) groups excluding carboxylic acids is 2. The second-order valence-electron chi connectivity index (χ2n) is 6.97. The normalized spacial score (nSPS) is 12.2. The summed E-state index contributed by atoms with van der Waals surface area (Å²) in [6, 6.07) is 17.0. The Morgan fingerprint density at radius 2 is 1.58 bits per heavy atom. The first-order valence-electron chi connectivity index (χ1n) is 8.43. The number of alkyl carbamates (subject to hydrolysis) is 1. The van der Waals surface area contributed by atoms with Crippen molar-refractivity contribution in [3.05, 3.63) is 60.2 Å². The van der Waals surface area contributed by atoms with Crippen LogP contribution in [0.2, 0.25) is 0 Å². The third kappa shape index (κ3) is 5.89. The maximum atomic E-state index is 12.0. The summed E-state index contributed by atoms with van der Waals surface area (Å²) in [5.74, 6) is 4.75. The van der Waals surface area contributed by atoms with E-state index < -0.39 is 23.6 Å². The van der Waals surface area contributed by atoms with E-state index in [1.54, 1.807) is 20.8 Å². The molecule has 138 valence electrons. The van der Waals surface area contributed by atoms with Crippen molar-refractivity contribution in [1.29, 1.82) is 0 Å². The number of rotatable bonds is 5. The molecule has 6 nitrogen and oxygen atoms in total. The summed E-state index contributed by atoms with van der Waals surface area (Å²) in [5.41, 5.74) is 4.52. The first-order valence-corrected chi connectivity index (χ1v) is 8.43. The predicted molar refractivity (Wildman–Crippen MR) is 101 cm³/mol. The molecule has 0 fully saturated rings. The first-order chi connectivity index (χ1) is 12.3. The number of hydrazine groups is 1. The highest BCUT2D eigenvalue weighted by Crippen LogP contribution is 2.19. The smallest absolute Gasteiger partial charge is 0.408 e.